The molecule has 0 aliphatic rings. The van der Waals surface area contributed by atoms with Crippen LogP contribution in [0.25, 0.3) is 10.8 Å². The SMILES string of the molecule is COC(=O)C(CC(=O)c1cccc(N(Cc2ccc3ccccc3c2)S(=O)(=O)c2ccc(N(C)C)c(F)c2)c1)Cc1ccccc1. The van der Waals surface area contributed by atoms with Gasteiger partial charge in [0.15, 0.2) is 5.78 Å². The van der Waals surface area contributed by atoms with Crippen LogP contribution in [0.4, 0.5) is 15.8 Å². The number of Topliss-reactive ketones (excluding diaryl/α,β-unsaturated/α-hetero) is 1. The van der Waals surface area contributed by atoms with Crippen molar-refractivity contribution in [2.24, 2.45) is 5.92 Å². The van der Waals surface area contributed by atoms with Gasteiger partial charge in [0.05, 0.1) is 35.8 Å². The normalized spacial score (nSPS) is 12.0. The molecule has 236 valence electrons. The van der Waals surface area contributed by atoms with Crippen molar-refractivity contribution in [3.63, 3.8) is 0 Å². The third-order valence-electron chi connectivity index (χ3n) is 7.88. The minimum Gasteiger partial charge on any atom is -0.469 e. The van der Waals surface area contributed by atoms with Crippen LogP contribution in [0, 0.1) is 11.7 Å². The van der Waals surface area contributed by atoms with Crippen LogP contribution in [0.3, 0.4) is 0 Å². The Hall–Kier alpha value is -5.02. The number of methoxy groups -OCH3 is 1. The summed E-state index contributed by atoms with van der Waals surface area (Å²) in [6, 6.07) is 32.9. The van der Waals surface area contributed by atoms with E-state index in [1.807, 2.05) is 72.8 Å². The van der Waals surface area contributed by atoms with Gasteiger partial charge in [0.2, 0.25) is 0 Å². The van der Waals surface area contributed by atoms with Crippen LogP contribution in [0.5, 0.6) is 0 Å². The summed E-state index contributed by atoms with van der Waals surface area (Å²) in [4.78, 5) is 27.6. The van der Waals surface area contributed by atoms with E-state index >= 15 is 4.39 Å². The highest BCUT2D eigenvalue weighted by Crippen LogP contribution is 2.31. The first-order chi connectivity index (χ1) is 22.1. The highest BCUT2D eigenvalue weighted by molar-refractivity contribution is 7.92. The molecule has 0 amide bonds. The quantitative estimate of drug-likeness (QED) is 0.108. The summed E-state index contributed by atoms with van der Waals surface area (Å²) in [5, 5.41) is 1.94. The van der Waals surface area contributed by atoms with E-state index in [9.17, 15) is 18.0 Å². The summed E-state index contributed by atoms with van der Waals surface area (Å²) in [5.74, 6) is -2.23. The van der Waals surface area contributed by atoms with E-state index in [-0.39, 0.29) is 40.6 Å². The molecule has 1 atom stereocenters. The van der Waals surface area contributed by atoms with Crippen LogP contribution in [0.1, 0.15) is 27.9 Å². The number of fused-ring (bicyclic) bond motifs is 1. The Labute approximate surface area is 268 Å². The molecule has 0 aliphatic heterocycles. The Morgan fingerprint density at radius 2 is 1.50 bits per heavy atom. The number of nitrogens with zero attached hydrogens (tertiary/aromatic N) is 2. The van der Waals surface area contributed by atoms with Crippen molar-refractivity contribution in [2.45, 2.75) is 24.3 Å². The van der Waals surface area contributed by atoms with Gasteiger partial charge in [0, 0.05) is 26.1 Å². The minimum atomic E-state index is -4.30. The van der Waals surface area contributed by atoms with Gasteiger partial charge < -0.3 is 9.64 Å². The van der Waals surface area contributed by atoms with E-state index in [2.05, 4.69) is 0 Å². The molecule has 7 nitrogen and oxygen atoms in total. The standard InChI is InChI=1S/C37H35FN2O5S/c1-39(2)35-19-18-33(24-34(35)38)46(43,44)40(25-27-16-17-28-12-7-8-13-29(28)21-27)32-15-9-14-30(22-32)36(41)23-31(37(42)45-3)20-26-10-5-4-6-11-26/h4-19,21-22,24,31H,20,23,25H2,1-3H3. The molecule has 0 saturated carbocycles. The van der Waals surface area contributed by atoms with Crippen molar-refractivity contribution in [3.05, 3.63) is 138 Å². The number of ether oxygens (including phenoxy) is 1. The number of ketones is 1. The summed E-state index contributed by atoms with van der Waals surface area (Å²) < 4.78 is 49.7. The minimum absolute atomic E-state index is 0.0688. The summed E-state index contributed by atoms with van der Waals surface area (Å²) in [5.41, 5.74) is 2.32. The number of hydrogen-bond donors (Lipinski definition) is 0. The number of esters is 1. The number of carbonyl (C=O) groups is 2. The average Bonchev–Trinajstić information content (AvgIpc) is 3.06. The maximum absolute atomic E-state index is 15.0. The van der Waals surface area contributed by atoms with Crippen molar-refractivity contribution in [2.75, 3.05) is 30.4 Å². The molecular weight excluding hydrogens is 603 g/mol. The fourth-order valence-electron chi connectivity index (χ4n) is 5.44. The summed E-state index contributed by atoms with van der Waals surface area (Å²) in [6.07, 6.45) is 0.190. The Bertz CT molecular complexity index is 1980. The van der Waals surface area contributed by atoms with Gasteiger partial charge in [-0.2, -0.15) is 0 Å². The molecule has 5 aromatic carbocycles. The Kier molecular flexibility index (Phi) is 9.82. The fourth-order valence-corrected chi connectivity index (χ4v) is 6.89. The lowest BCUT2D eigenvalue weighted by Gasteiger charge is -2.26. The number of carbonyl (C=O) groups excluding carboxylic acids is 2. The topological polar surface area (TPSA) is 84.0 Å². The van der Waals surface area contributed by atoms with Crippen molar-refractivity contribution < 1.29 is 27.1 Å². The number of sulfonamides is 1. The monoisotopic (exact) mass is 638 g/mol. The van der Waals surface area contributed by atoms with Gasteiger partial charge in [-0.15, -0.1) is 0 Å². The molecule has 0 spiro atoms. The molecule has 0 aromatic heterocycles. The van der Waals surface area contributed by atoms with Gasteiger partial charge in [-0.1, -0.05) is 78.9 Å². The maximum Gasteiger partial charge on any atom is 0.309 e. The molecule has 0 bridgehead atoms. The molecule has 0 radical (unpaired) electrons. The molecule has 1 unspecified atom stereocenters. The zero-order valence-corrected chi connectivity index (χ0v) is 26.7. The maximum atomic E-state index is 15.0. The number of anilines is 2. The van der Waals surface area contributed by atoms with Crippen LogP contribution in [0.15, 0.2) is 120 Å². The third-order valence-corrected chi connectivity index (χ3v) is 9.65. The summed E-state index contributed by atoms with van der Waals surface area (Å²) >= 11 is 0. The van der Waals surface area contributed by atoms with Gasteiger partial charge in [0.25, 0.3) is 10.0 Å². The summed E-state index contributed by atoms with van der Waals surface area (Å²) in [7, 11) is 0.327. The zero-order chi connectivity index (χ0) is 32.8. The zero-order valence-electron chi connectivity index (χ0n) is 25.9. The predicted molar refractivity (Wildman–Crippen MR) is 179 cm³/mol. The van der Waals surface area contributed by atoms with Gasteiger partial charge in [-0.25, -0.2) is 12.8 Å². The van der Waals surface area contributed by atoms with Crippen molar-refractivity contribution in [1.82, 2.24) is 0 Å². The first kappa shape index (κ1) is 32.4. The molecule has 0 heterocycles. The third kappa shape index (κ3) is 7.26. The van der Waals surface area contributed by atoms with E-state index in [0.29, 0.717) is 12.0 Å². The molecule has 0 saturated heterocycles. The number of hydrogen-bond acceptors (Lipinski definition) is 6. The Morgan fingerprint density at radius 1 is 0.783 bits per heavy atom. The molecule has 9 heteroatoms. The smallest absolute Gasteiger partial charge is 0.309 e. The van der Waals surface area contributed by atoms with Gasteiger partial charge in [-0.3, -0.25) is 13.9 Å². The highest BCUT2D eigenvalue weighted by Gasteiger charge is 2.29. The molecule has 0 fully saturated rings. The molecular formula is C37H35FN2O5S. The van der Waals surface area contributed by atoms with Crippen LogP contribution >= 0.6 is 0 Å². The van der Waals surface area contributed by atoms with Crippen molar-refractivity contribution in [1.29, 1.82) is 0 Å². The number of halogens is 1. The van der Waals surface area contributed by atoms with Crippen LogP contribution in [-0.4, -0.2) is 41.4 Å². The van der Waals surface area contributed by atoms with Crippen LogP contribution in [-0.2, 0) is 32.5 Å². The molecule has 46 heavy (non-hydrogen) atoms. The van der Waals surface area contributed by atoms with Gasteiger partial charge >= 0.3 is 5.97 Å². The second-order valence-corrected chi connectivity index (χ2v) is 13.2. The van der Waals surface area contributed by atoms with Crippen molar-refractivity contribution >= 4 is 43.9 Å². The van der Waals surface area contributed by atoms with E-state index in [1.165, 1.54) is 29.6 Å². The molecule has 5 rings (SSSR count). The lowest BCUT2D eigenvalue weighted by molar-refractivity contribution is -0.145. The van der Waals surface area contributed by atoms with Crippen LogP contribution < -0.4 is 9.21 Å². The number of benzene rings is 5. The first-order valence-corrected chi connectivity index (χ1v) is 16.2. The predicted octanol–water partition coefficient (Wildman–Crippen LogP) is 7.05. The second kappa shape index (κ2) is 14.0. The lowest BCUT2D eigenvalue weighted by atomic mass is 9.92. The lowest BCUT2D eigenvalue weighted by Crippen LogP contribution is -2.31. The Balaban J connectivity index is 1.52. The molecule has 0 N–H and O–H groups in total. The highest BCUT2D eigenvalue weighted by atomic mass is 32.2. The summed E-state index contributed by atoms with van der Waals surface area (Å²) in [6.45, 7) is -0.0688. The van der Waals surface area contributed by atoms with Crippen molar-refractivity contribution in [3.8, 4) is 0 Å². The van der Waals surface area contributed by atoms with Gasteiger partial charge in [-0.05, 0) is 64.7 Å². The van der Waals surface area contributed by atoms with Gasteiger partial charge in [0.1, 0.15) is 5.82 Å². The van der Waals surface area contributed by atoms with E-state index in [0.717, 1.165) is 22.4 Å². The number of rotatable bonds is 12. The van der Waals surface area contributed by atoms with E-state index in [4.69, 9.17) is 4.74 Å². The first-order valence-electron chi connectivity index (χ1n) is 14.8. The Morgan fingerprint density at radius 3 is 2.20 bits per heavy atom. The largest absolute Gasteiger partial charge is 0.469 e. The van der Waals surface area contributed by atoms with E-state index in [1.54, 1.807) is 37.2 Å². The fraction of sp³-hybridized carbons (Fsp3) is 0.189. The van der Waals surface area contributed by atoms with Crippen LogP contribution in [0.2, 0.25) is 0 Å². The second-order valence-electron chi connectivity index (χ2n) is 11.3. The molecule has 0 aliphatic carbocycles. The average molecular weight is 639 g/mol. The molecule has 5 aromatic rings. The van der Waals surface area contributed by atoms with E-state index < -0.39 is 27.7 Å².